The summed E-state index contributed by atoms with van der Waals surface area (Å²) in [4.78, 5) is 3.92. The molecule has 0 bridgehead atoms. The number of nitrogens with zero attached hydrogens (tertiary/aromatic N) is 1. The summed E-state index contributed by atoms with van der Waals surface area (Å²) in [6.07, 6.45) is 0. The highest BCUT2D eigenvalue weighted by Crippen LogP contribution is 2.14. The lowest BCUT2D eigenvalue weighted by molar-refractivity contribution is 0.179. The number of rotatable bonds is 8. The van der Waals surface area contributed by atoms with Gasteiger partial charge in [-0.3, -0.25) is 4.99 Å². The van der Waals surface area contributed by atoms with Crippen LogP contribution in [-0.2, 0) is 14.6 Å². The van der Waals surface area contributed by atoms with Gasteiger partial charge in [0.1, 0.15) is 10.7 Å². The predicted octanol–water partition coefficient (Wildman–Crippen LogP) is 1.81. The zero-order chi connectivity index (χ0) is 17.3. The number of halogens is 2. The second-order valence-electron chi connectivity index (χ2n) is 5.01. The van der Waals surface area contributed by atoms with Gasteiger partial charge >= 0.3 is 0 Å². The van der Waals surface area contributed by atoms with Gasteiger partial charge < -0.3 is 15.4 Å². The van der Waals surface area contributed by atoms with Gasteiger partial charge in [0, 0.05) is 19.7 Å². The third kappa shape index (κ3) is 7.75. The fourth-order valence-corrected chi connectivity index (χ4v) is 3.13. The van der Waals surface area contributed by atoms with Gasteiger partial charge in [0.05, 0.1) is 18.9 Å². The average Bonchev–Trinajstić information content (AvgIpc) is 2.47. The van der Waals surface area contributed by atoms with Crippen molar-refractivity contribution in [2.45, 2.75) is 24.8 Å². The Morgan fingerprint density at radius 2 is 2.04 bits per heavy atom. The van der Waals surface area contributed by atoms with E-state index >= 15 is 0 Å². The normalized spacial score (nSPS) is 13.1. The van der Waals surface area contributed by atoms with Crippen molar-refractivity contribution in [3.05, 3.63) is 30.1 Å². The summed E-state index contributed by atoms with van der Waals surface area (Å²) in [6.45, 7) is 5.01. The summed E-state index contributed by atoms with van der Waals surface area (Å²) in [7, 11) is -2.10. The number of ether oxygens (including phenoxy) is 1. The molecule has 0 fully saturated rings. The molecule has 0 heterocycles. The number of guanidine groups is 1. The van der Waals surface area contributed by atoms with Crippen LogP contribution in [0.25, 0.3) is 0 Å². The molecule has 0 aliphatic rings. The number of hydrogen-bond acceptors (Lipinski definition) is 4. The summed E-state index contributed by atoms with van der Waals surface area (Å²) in [5.74, 6) is -0.501. The van der Waals surface area contributed by atoms with Crippen LogP contribution >= 0.6 is 24.0 Å². The number of aliphatic imine (C=N–C) groups is 1. The fraction of sp³-hybridized carbons (Fsp3) is 0.533. The molecule has 6 nitrogen and oxygen atoms in total. The highest BCUT2D eigenvalue weighted by Gasteiger charge is 2.18. The molecular weight excluding hydrogens is 448 g/mol. The number of sulfone groups is 1. The minimum absolute atomic E-state index is 0. The van der Waals surface area contributed by atoms with Crippen molar-refractivity contribution in [2.24, 2.45) is 4.99 Å². The van der Waals surface area contributed by atoms with E-state index in [0.29, 0.717) is 19.1 Å². The molecule has 0 aliphatic heterocycles. The summed E-state index contributed by atoms with van der Waals surface area (Å²) in [5, 5.41) is 6.12. The van der Waals surface area contributed by atoms with Crippen molar-refractivity contribution >= 4 is 39.8 Å². The molecule has 0 saturated heterocycles. The summed E-state index contributed by atoms with van der Waals surface area (Å²) < 4.78 is 42.9. The van der Waals surface area contributed by atoms with E-state index in [2.05, 4.69) is 15.6 Å². The Labute approximate surface area is 160 Å². The molecule has 0 radical (unpaired) electrons. The van der Waals surface area contributed by atoms with E-state index in [1.807, 2.05) is 13.8 Å². The van der Waals surface area contributed by atoms with Gasteiger partial charge in [-0.2, -0.15) is 0 Å². The van der Waals surface area contributed by atoms with Crippen molar-refractivity contribution in [1.29, 1.82) is 0 Å². The van der Waals surface area contributed by atoms with E-state index in [1.165, 1.54) is 18.2 Å². The average molecular weight is 473 g/mol. The maximum Gasteiger partial charge on any atom is 0.191 e. The number of nitrogens with one attached hydrogen (secondary N) is 2. The van der Waals surface area contributed by atoms with Gasteiger partial charge in [-0.15, -0.1) is 24.0 Å². The van der Waals surface area contributed by atoms with Crippen LogP contribution in [0.5, 0.6) is 0 Å². The van der Waals surface area contributed by atoms with Gasteiger partial charge in [0.2, 0.25) is 0 Å². The van der Waals surface area contributed by atoms with E-state index in [-0.39, 0.29) is 47.2 Å². The van der Waals surface area contributed by atoms with Crippen LogP contribution in [0.15, 0.2) is 34.2 Å². The van der Waals surface area contributed by atoms with Crippen LogP contribution in [0.2, 0.25) is 0 Å². The van der Waals surface area contributed by atoms with Gasteiger partial charge in [-0.05, 0) is 26.0 Å². The molecule has 1 atom stereocenters. The highest BCUT2D eigenvalue weighted by atomic mass is 127. The van der Waals surface area contributed by atoms with Crippen LogP contribution in [0.4, 0.5) is 4.39 Å². The molecule has 1 rings (SSSR count). The van der Waals surface area contributed by atoms with Gasteiger partial charge in [-0.25, -0.2) is 12.8 Å². The summed E-state index contributed by atoms with van der Waals surface area (Å²) in [6, 6.07) is 5.38. The lowest BCUT2D eigenvalue weighted by atomic mass is 10.3. The van der Waals surface area contributed by atoms with Gasteiger partial charge in [0.25, 0.3) is 0 Å². The lowest BCUT2D eigenvalue weighted by Gasteiger charge is -2.17. The first kappa shape index (κ1) is 23.1. The molecule has 1 aromatic carbocycles. The third-order valence-electron chi connectivity index (χ3n) is 2.95. The van der Waals surface area contributed by atoms with E-state index in [0.717, 1.165) is 6.07 Å². The minimum atomic E-state index is -3.70. The summed E-state index contributed by atoms with van der Waals surface area (Å²) in [5.41, 5.74) is 0. The second kappa shape index (κ2) is 11.6. The Hall–Kier alpha value is -0.940. The number of hydrogen-bond donors (Lipinski definition) is 2. The molecule has 2 N–H and O–H groups in total. The molecule has 0 aromatic heterocycles. The first-order chi connectivity index (χ1) is 10.9. The van der Waals surface area contributed by atoms with Crippen LogP contribution in [0, 0.1) is 5.82 Å². The molecule has 9 heteroatoms. The number of benzene rings is 1. The SMILES string of the molecule is CCNC(=NCCS(=O)(=O)c1ccccc1F)NC(C)COC.I. The molecule has 24 heavy (non-hydrogen) atoms. The number of methoxy groups -OCH3 is 1. The molecule has 0 amide bonds. The van der Waals surface area contributed by atoms with Crippen molar-refractivity contribution < 1.29 is 17.5 Å². The van der Waals surface area contributed by atoms with Gasteiger partial charge in [0.15, 0.2) is 15.8 Å². The smallest absolute Gasteiger partial charge is 0.191 e. The van der Waals surface area contributed by atoms with Crippen LogP contribution in [0.3, 0.4) is 0 Å². The highest BCUT2D eigenvalue weighted by molar-refractivity contribution is 14.0. The summed E-state index contributed by atoms with van der Waals surface area (Å²) >= 11 is 0. The van der Waals surface area contributed by atoms with Crippen molar-refractivity contribution in [3.63, 3.8) is 0 Å². The monoisotopic (exact) mass is 473 g/mol. The van der Waals surface area contributed by atoms with E-state index in [4.69, 9.17) is 4.74 Å². The lowest BCUT2D eigenvalue weighted by Crippen LogP contribution is -2.44. The molecule has 138 valence electrons. The Bertz CT molecular complexity index is 626. The van der Waals surface area contributed by atoms with Gasteiger partial charge in [-0.1, -0.05) is 12.1 Å². The molecule has 1 unspecified atom stereocenters. The van der Waals surface area contributed by atoms with E-state index in [9.17, 15) is 12.8 Å². The fourth-order valence-electron chi connectivity index (χ4n) is 1.93. The van der Waals surface area contributed by atoms with Crippen LogP contribution in [-0.4, -0.2) is 53.0 Å². The largest absolute Gasteiger partial charge is 0.383 e. The third-order valence-corrected chi connectivity index (χ3v) is 4.67. The van der Waals surface area contributed by atoms with Crippen molar-refractivity contribution in [3.8, 4) is 0 Å². The van der Waals surface area contributed by atoms with E-state index in [1.54, 1.807) is 7.11 Å². The van der Waals surface area contributed by atoms with Crippen LogP contribution < -0.4 is 10.6 Å². The van der Waals surface area contributed by atoms with Crippen LogP contribution in [0.1, 0.15) is 13.8 Å². The first-order valence-corrected chi connectivity index (χ1v) is 9.07. The zero-order valence-electron chi connectivity index (χ0n) is 14.1. The maximum atomic E-state index is 13.6. The standard InChI is InChI=1S/C15H24FN3O3S.HI/c1-4-17-15(19-12(2)11-22-3)18-9-10-23(20,21)14-8-6-5-7-13(14)16;/h5-8,12H,4,9-11H2,1-3H3,(H2,17,18,19);1H. The predicted molar refractivity (Wildman–Crippen MR) is 104 cm³/mol. The maximum absolute atomic E-state index is 13.6. The molecule has 1 aromatic rings. The van der Waals surface area contributed by atoms with E-state index < -0.39 is 15.7 Å². The molecule has 0 aliphatic carbocycles. The molecule has 0 saturated carbocycles. The Morgan fingerprint density at radius 3 is 2.62 bits per heavy atom. The zero-order valence-corrected chi connectivity index (χ0v) is 17.2. The topological polar surface area (TPSA) is 79.8 Å². The Kier molecular flexibility index (Phi) is 11.1. The van der Waals surface area contributed by atoms with Crippen molar-refractivity contribution in [1.82, 2.24) is 10.6 Å². The molecule has 0 spiro atoms. The molecular formula is C15H25FIN3O3S. The Morgan fingerprint density at radius 1 is 1.38 bits per heavy atom. The van der Waals surface area contributed by atoms with Crippen molar-refractivity contribution in [2.75, 3.05) is 32.6 Å². The Balaban J connectivity index is 0.00000529. The minimum Gasteiger partial charge on any atom is -0.383 e. The first-order valence-electron chi connectivity index (χ1n) is 7.41. The second-order valence-corrected chi connectivity index (χ2v) is 7.09. The quantitative estimate of drug-likeness (QED) is 0.342.